The smallest absolute Gasteiger partial charge is 0.264 e. The molecule has 0 bridgehead atoms. The van der Waals surface area contributed by atoms with Gasteiger partial charge in [-0.2, -0.15) is 8.42 Å². The van der Waals surface area contributed by atoms with Crippen molar-refractivity contribution in [2.24, 2.45) is 5.41 Å². The van der Waals surface area contributed by atoms with Gasteiger partial charge in [-0.25, -0.2) is 0 Å². The van der Waals surface area contributed by atoms with Gasteiger partial charge >= 0.3 is 0 Å². The third kappa shape index (κ3) is 4.71. The number of carbonyl (C=O) groups is 1. The van der Waals surface area contributed by atoms with E-state index in [1.54, 1.807) is 0 Å². The number of carboxylic acid groups (broad SMARTS) is 1. The number of ether oxygens (including phenoxy) is 1. The average Bonchev–Trinajstić information content (AvgIpc) is 2.23. The lowest BCUT2D eigenvalue weighted by molar-refractivity contribution is -0.315. The maximum absolute atomic E-state index is 11.0. The Labute approximate surface area is 120 Å². The molecule has 1 rings (SSSR count). The molecule has 1 heterocycles. The first kappa shape index (κ1) is 17.4. The Bertz CT molecular complexity index is 450. The van der Waals surface area contributed by atoms with Gasteiger partial charge < -0.3 is 14.6 Å². The molecule has 0 aromatic carbocycles. The van der Waals surface area contributed by atoms with Gasteiger partial charge in [0.05, 0.1) is 24.6 Å². The first-order valence-electron chi connectivity index (χ1n) is 6.67. The third-order valence-corrected chi connectivity index (χ3v) is 4.33. The maximum Gasteiger partial charge on any atom is 0.264 e. The Hall–Kier alpha value is -0.660. The van der Waals surface area contributed by atoms with Crippen LogP contribution in [-0.4, -0.2) is 39.0 Å². The van der Waals surface area contributed by atoms with Gasteiger partial charge in [-0.3, -0.25) is 4.18 Å². The van der Waals surface area contributed by atoms with E-state index in [2.05, 4.69) is 0 Å². The predicted octanol–water partition coefficient (Wildman–Crippen LogP) is 0.457. The summed E-state index contributed by atoms with van der Waals surface area (Å²) in [6.07, 6.45) is 2.39. The van der Waals surface area contributed by atoms with Crippen LogP contribution in [0.15, 0.2) is 0 Å². The lowest BCUT2D eigenvalue weighted by Crippen LogP contribution is -2.54. The van der Waals surface area contributed by atoms with Crippen LogP contribution in [0.4, 0.5) is 0 Å². The van der Waals surface area contributed by atoms with Gasteiger partial charge in [0.15, 0.2) is 0 Å². The molecular formula is C13H23O6S-. The van der Waals surface area contributed by atoms with E-state index in [0.29, 0.717) is 12.8 Å². The van der Waals surface area contributed by atoms with E-state index in [-0.39, 0.29) is 13.0 Å². The van der Waals surface area contributed by atoms with Gasteiger partial charge in [-0.05, 0) is 24.7 Å². The molecule has 7 heteroatoms. The topological polar surface area (TPSA) is 92.7 Å². The molecule has 1 saturated heterocycles. The molecule has 2 unspecified atom stereocenters. The lowest BCUT2D eigenvalue weighted by Gasteiger charge is -2.50. The molecule has 0 spiro atoms. The van der Waals surface area contributed by atoms with E-state index >= 15 is 0 Å². The Morgan fingerprint density at radius 3 is 2.50 bits per heavy atom. The van der Waals surface area contributed by atoms with Gasteiger partial charge in [0.1, 0.15) is 0 Å². The summed E-state index contributed by atoms with van der Waals surface area (Å²) in [6, 6.07) is 0. The summed E-state index contributed by atoms with van der Waals surface area (Å²) in [6.45, 7) is 5.66. The molecule has 1 aliphatic rings. The molecule has 2 atom stereocenters. The molecule has 0 aromatic heterocycles. The second-order valence-electron chi connectivity index (χ2n) is 6.41. The van der Waals surface area contributed by atoms with Crippen molar-refractivity contribution in [3.05, 3.63) is 0 Å². The summed E-state index contributed by atoms with van der Waals surface area (Å²) in [5.74, 6) is -1.16. The van der Waals surface area contributed by atoms with E-state index in [4.69, 9.17) is 8.92 Å². The fourth-order valence-corrected chi connectivity index (χ4v) is 2.95. The SMILES string of the molecule is CC(C)(C)C1(CC(=O)[O-])CCCC(COS(C)(=O)=O)O1. The third-order valence-electron chi connectivity index (χ3n) is 3.76. The van der Waals surface area contributed by atoms with Crippen LogP contribution in [0.25, 0.3) is 0 Å². The molecule has 0 amide bonds. The molecule has 0 saturated carbocycles. The highest BCUT2D eigenvalue weighted by molar-refractivity contribution is 7.85. The molecule has 6 nitrogen and oxygen atoms in total. The average molecular weight is 307 g/mol. The van der Waals surface area contributed by atoms with E-state index < -0.39 is 33.2 Å². The quantitative estimate of drug-likeness (QED) is 0.685. The number of hydrogen-bond donors (Lipinski definition) is 0. The van der Waals surface area contributed by atoms with Crippen LogP contribution in [0.1, 0.15) is 46.5 Å². The van der Waals surface area contributed by atoms with Crippen molar-refractivity contribution in [2.75, 3.05) is 12.9 Å². The van der Waals surface area contributed by atoms with E-state index in [1.165, 1.54) is 0 Å². The second-order valence-corrected chi connectivity index (χ2v) is 8.06. The minimum Gasteiger partial charge on any atom is -0.550 e. The lowest BCUT2D eigenvalue weighted by atomic mass is 9.70. The summed E-state index contributed by atoms with van der Waals surface area (Å²) in [7, 11) is -3.53. The molecular weight excluding hydrogens is 284 g/mol. The molecule has 118 valence electrons. The van der Waals surface area contributed by atoms with Crippen LogP contribution >= 0.6 is 0 Å². The minimum absolute atomic E-state index is 0.0797. The first-order valence-corrected chi connectivity index (χ1v) is 8.49. The fourth-order valence-electron chi connectivity index (χ4n) is 2.55. The van der Waals surface area contributed by atoms with Crippen LogP contribution in [0.2, 0.25) is 0 Å². The van der Waals surface area contributed by atoms with Crippen LogP contribution < -0.4 is 5.11 Å². The summed E-state index contributed by atoms with van der Waals surface area (Å²) in [5, 5.41) is 11.0. The highest BCUT2D eigenvalue weighted by Crippen LogP contribution is 2.44. The van der Waals surface area contributed by atoms with Crippen molar-refractivity contribution < 1.29 is 27.2 Å². The monoisotopic (exact) mass is 307 g/mol. The summed E-state index contributed by atoms with van der Waals surface area (Å²) in [5.41, 5.74) is -1.24. The van der Waals surface area contributed by atoms with Crippen molar-refractivity contribution in [3.8, 4) is 0 Å². The van der Waals surface area contributed by atoms with E-state index in [0.717, 1.165) is 12.7 Å². The number of carboxylic acids is 1. The van der Waals surface area contributed by atoms with Gasteiger partial charge in [0.25, 0.3) is 10.1 Å². The van der Waals surface area contributed by atoms with Crippen molar-refractivity contribution >= 4 is 16.1 Å². The number of carbonyl (C=O) groups excluding carboxylic acids is 1. The molecule has 0 aromatic rings. The van der Waals surface area contributed by atoms with E-state index in [9.17, 15) is 18.3 Å². The van der Waals surface area contributed by atoms with Crippen molar-refractivity contribution in [1.29, 1.82) is 0 Å². The Morgan fingerprint density at radius 2 is 2.05 bits per heavy atom. The molecule has 0 aliphatic carbocycles. The summed E-state index contributed by atoms with van der Waals surface area (Å²) >= 11 is 0. The van der Waals surface area contributed by atoms with Crippen LogP contribution in [-0.2, 0) is 23.8 Å². The molecule has 0 radical (unpaired) electrons. The zero-order chi connectivity index (χ0) is 15.6. The van der Waals surface area contributed by atoms with E-state index in [1.807, 2.05) is 20.8 Å². The second kappa shape index (κ2) is 5.99. The normalized spacial score (nSPS) is 28.3. The summed E-state index contributed by atoms with van der Waals surface area (Å²) in [4.78, 5) is 11.0. The zero-order valence-electron chi connectivity index (χ0n) is 12.5. The van der Waals surface area contributed by atoms with Gasteiger partial charge in [-0.1, -0.05) is 20.8 Å². The number of hydrogen-bond acceptors (Lipinski definition) is 6. The predicted molar refractivity (Wildman–Crippen MR) is 71.3 cm³/mol. The molecule has 20 heavy (non-hydrogen) atoms. The minimum atomic E-state index is -3.53. The number of rotatable bonds is 5. The highest BCUT2D eigenvalue weighted by Gasteiger charge is 2.46. The van der Waals surface area contributed by atoms with Gasteiger partial charge in [-0.15, -0.1) is 0 Å². The van der Waals surface area contributed by atoms with Crippen molar-refractivity contribution in [2.45, 2.75) is 58.2 Å². The van der Waals surface area contributed by atoms with Gasteiger partial charge in [0, 0.05) is 12.4 Å². The van der Waals surface area contributed by atoms with Gasteiger partial charge in [0.2, 0.25) is 0 Å². The first-order chi connectivity index (χ1) is 8.95. The van der Waals surface area contributed by atoms with Crippen LogP contribution in [0.5, 0.6) is 0 Å². The Kier molecular flexibility index (Phi) is 5.21. The fraction of sp³-hybridized carbons (Fsp3) is 0.923. The highest BCUT2D eigenvalue weighted by atomic mass is 32.2. The van der Waals surface area contributed by atoms with Crippen LogP contribution in [0, 0.1) is 5.41 Å². The standard InChI is InChI=1S/C13H24O6S/c1-12(2,3)13(8-11(14)15)7-5-6-10(19-13)9-18-20(4,16)17/h10H,5-9H2,1-4H3,(H,14,15)/p-1. The maximum atomic E-state index is 11.0. The Morgan fingerprint density at radius 1 is 1.45 bits per heavy atom. The molecule has 0 N–H and O–H groups in total. The van der Waals surface area contributed by atoms with Crippen LogP contribution in [0.3, 0.4) is 0 Å². The number of aliphatic carboxylic acids is 1. The Balaban J connectivity index is 2.84. The molecule has 1 fully saturated rings. The largest absolute Gasteiger partial charge is 0.550 e. The molecule has 1 aliphatic heterocycles. The summed E-state index contributed by atoms with van der Waals surface area (Å²) < 4.78 is 32.8. The zero-order valence-corrected chi connectivity index (χ0v) is 13.3. The van der Waals surface area contributed by atoms with Crippen molar-refractivity contribution in [1.82, 2.24) is 0 Å². The van der Waals surface area contributed by atoms with Crippen molar-refractivity contribution in [3.63, 3.8) is 0 Å².